The van der Waals surface area contributed by atoms with Crippen LogP contribution in [0.25, 0.3) is 0 Å². The zero-order chi connectivity index (χ0) is 9.07. The van der Waals surface area contributed by atoms with Crippen LogP contribution < -0.4 is 0 Å². The lowest BCUT2D eigenvalue weighted by atomic mass is 10.2. The van der Waals surface area contributed by atoms with Gasteiger partial charge in [-0.05, 0) is 25.3 Å². The fourth-order valence-corrected chi connectivity index (χ4v) is 0.957. The van der Waals surface area contributed by atoms with Crippen molar-refractivity contribution >= 4 is 0 Å². The second kappa shape index (κ2) is 10.3. The Balaban J connectivity index is 3.08. The average Bonchev–Trinajstić information content (AvgIpc) is 2.10. The third-order valence-electron chi connectivity index (χ3n) is 1.65. The summed E-state index contributed by atoms with van der Waals surface area (Å²) in [5.74, 6) is 0. The number of hydrogen-bond donors (Lipinski definition) is 0. The summed E-state index contributed by atoms with van der Waals surface area (Å²) in [7, 11) is 1.67. The number of unbranched alkanes of at least 4 members (excludes halogenated alkanes) is 3. The molecule has 70 valence electrons. The minimum absolute atomic E-state index is 0.986. The highest BCUT2D eigenvalue weighted by atomic mass is 16.5. The molecule has 0 bridgehead atoms. The molecule has 12 heavy (non-hydrogen) atoms. The largest absolute Gasteiger partial charge is 0.505 e. The average molecular weight is 168 g/mol. The van der Waals surface area contributed by atoms with E-state index in [0.717, 1.165) is 6.42 Å². The maximum Gasteiger partial charge on any atom is 0.0787 e. The number of hydrogen-bond acceptors (Lipinski definition) is 1. The first-order chi connectivity index (χ1) is 5.91. The van der Waals surface area contributed by atoms with E-state index < -0.39 is 0 Å². The van der Waals surface area contributed by atoms with E-state index in [9.17, 15) is 0 Å². The second-order valence-corrected chi connectivity index (χ2v) is 2.81. The monoisotopic (exact) mass is 168 g/mol. The Morgan fingerprint density at radius 3 is 2.58 bits per heavy atom. The molecular formula is C11H20O. The Labute approximate surface area is 76.1 Å². The zero-order valence-corrected chi connectivity index (χ0v) is 8.25. The van der Waals surface area contributed by atoms with Gasteiger partial charge in [-0.15, -0.1) is 0 Å². The van der Waals surface area contributed by atoms with Crippen LogP contribution in [0.3, 0.4) is 0 Å². The van der Waals surface area contributed by atoms with E-state index in [2.05, 4.69) is 19.1 Å². The van der Waals surface area contributed by atoms with Crippen molar-refractivity contribution in [3.05, 3.63) is 24.5 Å². The molecule has 0 aromatic heterocycles. The first kappa shape index (κ1) is 11.3. The van der Waals surface area contributed by atoms with Gasteiger partial charge in [0.25, 0.3) is 0 Å². The molecule has 0 aromatic carbocycles. The lowest BCUT2D eigenvalue weighted by Gasteiger charge is -1.90. The maximum atomic E-state index is 4.77. The highest BCUT2D eigenvalue weighted by Crippen LogP contribution is 2.00. The van der Waals surface area contributed by atoms with Crippen LogP contribution in [0, 0.1) is 0 Å². The fraction of sp³-hybridized carbons (Fsp3) is 0.636. The van der Waals surface area contributed by atoms with Gasteiger partial charge in [0.15, 0.2) is 0 Å². The van der Waals surface area contributed by atoms with Gasteiger partial charge in [0.05, 0.1) is 13.4 Å². The summed E-state index contributed by atoms with van der Waals surface area (Å²) >= 11 is 0. The predicted molar refractivity (Wildman–Crippen MR) is 54.0 cm³/mol. The minimum Gasteiger partial charge on any atom is -0.505 e. The summed E-state index contributed by atoms with van der Waals surface area (Å²) < 4.78 is 4.77. The molecule has 0 aliphatic heterocycles. The van der Waals surface area contributed by atoms with Crippen LogP contribution in [0.5, 0.6) is 0 Å². The van der Waals surface area contributed by atoms with E-state index >= 15 is 0 Å². The van der Waals surface area contributed by atoms with Crippen molar-refractivity contribution in [1.82, 2.24) is 0 Å². The number of rotatable bonds is 7. The summed E-state index contributed by atoms with van der Waals surface area (Å²) in [6.07, 6.45) is 14.3. The van der Waals surface area contributed by atoms with Gasteiger partial charge in [-0.3, -0.25) is 0 Å². The Kier molecular flexibility index (Phi) is 9.66. The lowest BCUT2D eigenvalue weighted by Crippen LogP contribution is -1.70. The smallest absolute Gasteiger partial charge is 0.0787 e. The molecule has 0 atom stereocenters. The predicted octanol–water partition coefficient (Wildman–Crippen LogP) is 3.67. The van der Waals surface area contributed by atoms with Gasteiger partial charge in [0, 0.05) is 0 Å². The fourth-order valence-electron chi connectivity index (χ4n) is 0.957. The molecule has 0 saturated carbocycles. The summed E-state index contributed by atoms with van der Waals surface area (Å²) in [5, 5.41) is 0. The van der Waals surface area contributed by atoms with Crippen molar-refractivity contribution < 1.29 is 4.74 Å². The van der Waals surface area contributed by atoms with Gasteiger partial charge >= 0.3 is 0 Å². The quantitative estimate of drug-likeness (QED) is 0.320. The molecule has 0 aliphatic rings. The molecule has 0 amide bonds. The standard InChI is InChI=1S/C11H20O/c1-3-4-5-6-7-8-9-10-11-12-2/h7-8,10-11H,3-6,9H2,1-2H3/b8-7-,11-10+. The third-order valence-corrected chi connectivity index (χ3v) is 1.65. The molecule has 0 saturated heterocycles. The lowest BCUT2D eigenvalue weighted by molar-refractivity contribution is 0.337. The minimum atomic E-state index is 0.986. The van der Waals surface area contributed by atoms with Crippen LogP contribution in [0.15, 0.2) is 24.5 Å². The molecule has 1 heteroatoms. The van der Waals surface area contributed by atoms with Crippen LogP contribution in [-0.2, 0) is 4.74 Å². The summed E-state index contributed by atoms with van der Waals surface area (Å²) in [4.78, 5) is 0. The normalized spacial score (nSPS) is 11.5. The molecule has 0 N–H and O–H groups in total. The van der Waals surface area contributed by atoms with Gasteiger partial charge in [-0.2, -0.15) is 0 Å². The van der Waals surface area contributed by atoms with Crippen molar-refractivity contribution in [3.8, 4) is 0 Å². The van der Waals surface area contributed by atoms with E-state index in [1.807, 2.05) is 6.08 Å². The first-order valence-corrected chi connectivity index (χ1v) is 4.74. The van der Waals surface area contributed by atoms with Crippen LogP contribution in [0.4, 0.5) is 0 Å². The summed E-state index contributed by atoms with van der Waals surface area (Å²) in [5.41, 5.74) is 0. The van der Waals surface area contributed by atoms with Crippen LogP contribution in [-0.4, -0.2) is 7.11 Å². The van der Waals surface area contributed by atoms with Gasteiger partial charge in [0.1, 0.15) is 0 Å². The molecule has 0 spiro atoms. The highest BCUT2D eigenvalue weighted by Gasteiger charge is 1.80. The van der Waals surface area contributed by atoms with Crippen molar-refractivity contribution in [3.63, 3.8) is 0 Å². The van der Waals surface area contributed by atoms with Crippen LogP contribution >= 0.6 is 0 Å². The second-order valence-electron chi connectivity index (χ2n) is 2.81. The Morgan fingerprint density at radius 1 is 1.08 bits per heavy atom. The van der Waals surface area contributed by atoms with E-state index in [-0.39, 0.29) is 0 Å². The molecule has 0 fully saturated rings. The van der Waals surface area contributed by atoms with Crippen molar-refractivity contribution in [2.45, 2.75) is 39.0 Å². The SMILES string of the molecule is CCCCC/C=C\C/C=C/OC. The van der Waals surface area contributed by atoms with Gasteiger partial charge in [-0.1, -0.05) is 31.9 Å². The Hall–Kier alpha value is -0.720. The van der Waals surface area contributed by atoms with Crippen LogP contribution in [0.1, 0.15) is 39.0 Å². The van der Waals surface area contributed by atoms with E-state index in [1.54, 1.807) is 13.4 Å². The number of ether oxygens (including phenoxy) is 1. The highest BCUT2D eigenvalue weighted by molar-refractivity contribution is 4.89. The van der Waals surface area contributed by atoms with Gasteiger partial charge in [0.2, 0.25) is 0 Å². The topological polar surface area (TPSA) is 9.23 Å². The van der Waals surface area contributed by atoms with Crippen molar-refractivity contribution in [2.24, 2.45) is 0 Å². The molecule has 0 aromatic rings. The molecule has 0 unspecified atom stereocenters. The number of allylic oxidation sites excluding steroid dienone is 3. The first-order valence-electron chi connectivity index (χ1n) is 4.74. The maximum absolute atomic E-state index is 4.77. The van der Waals surface area contributed by atoms with E-state index in [1.165, 1.54) is 25.7 Å². The van der Waals surface area contributed by atoms with Crippen LogP contribution in [0.2, 0.25) is 0 Å². The van der Waals surface area contributed by atoms with Gasteiger partial charge in [-0.25, -0.2) is 0 Å². The summed E-state index contributed by atoms with van der Waals surface area (Å²) in [6.45, 7) is 2.23. The molecule has 0 radical (unpaired) electrons. The van der Waals surface area contributed by atoms with Crippen molar-refractivity contribution in [2.75, 3.05) is 7.11 Å². The Bertz CT molecular complexity index is 125. The summed E-state index contributed by atoms with van der Waals surface area (Å²) in [6, 6.07) is 0. The zero-order valence-electron chi connectivity index (χ0n) is 8.25. The molecule has 0 heterocycles. The Morgan fingerprint density at radius 2 is 1.92 bits per heavy atom. The molecule has 0 rings (SSSR count). The molecular weight excluding hydrogens is 148 g/mol. The van der Waals surface area contributed by atoms with Gasteiger partial charge < -0.3 is 4.74 Å². The number of methoxy groups -OCH3 is 1. The molecule has 0 aliphatic carbocycles. The molecule has 1 nitrogen and oxygen atoms in total. The van der Waals surface area contributed by atoms with Crippen molar-refractivity contribution in [1.29, 1.82) is 0 Å². The van der Waals surface area contributed by atoms with E-state index in [0.29, 0.717) is 0 Å². The van der Waals surface area contributed by atoms with E-state index in [4.69, 9.17) is 4.74 Å². The third kappa shape index (κ3) is 9.28.